The molecule has 0 amide bonds. The number of likely N-dealkylation sites (tertiary alicyclic amines) is 1. The molecule has 3 atom stereocenters. The fourth-order valence-corrected chi connectivity index (χ4v) is 7.60. The van der Waals surface area contributed by atoms with Gasteiger partial charge in [0.05, 0.1) is 39.5 Å². The van der Waals surface area contributed by atoms with Crippen LogP contribution in [0.1, 0.15) is 25.1 Å². The number of nitrogens with zero attached hydrogens (tertiary/aromatic N) is 5. The summed E-state index contributed by atoms with van der Waals surface area (Å²) in [7, 11) is -7.22. The molecule has 4 heterocycles. The summed E-state index contributed by atoms with van der Waals surface area (Å²) in [5.74, 6) is 0. The van der Waals surface area contributed by atoms with Crippen LogP contribution in [-0.2, 0) is 19.9 Å². The summed E-state index contributed by atoms with van der Waals surface area (Å²) in [6.07, 6.45) is 4.82. The lowest BCUT2D eigenvalue weighted by Gasteiger charge is -2.33. The van der Waals surface area contributed by atoms with Crippen LogP contribution >= 0.6 is 0 Å². The normalized spacial score (nSPS) is 20.3. The lowest BCUT2D eigenvalue weighted by Crippen LogP contribution is -2.41. The molecule has 2 aliphatic rings. The van der Waals surface area contributed by atoms with Crippen molar-refractivity contribution in [1.82, 2.24) is 13.9 Å². The molecule has 1 fully saturated rings. The minimum Gasteiger partial charge on any atom is -0.358 e. The van der Waals surface area contributed by atoms with E-state index in [9.17, 15) is 22.1 Å². The Morgan fingerprint density at radius 1 is 1.02 bits per heavy atom. The Hall–Kier alpha value is -3.92. The maximum atomic E-state index is 13.5. The smallest absolute Gasteiger partial charge is 0.269 e. The highest BCUT2D eigenvalue weighted by atomic mass is 32.2. The third kappa shape index (κ3) is 4.30. The van der Waals surface area contributed by atoms with E-state index in [1.165, 1.54) is 16.4 Å². The largest absolute Gasteiger partial charge is 0.358 e. The van der Waals surface area contributed by atoms with Crippen LogP contribution in [0.15, 0.2) is 82.8 Å². The first-order chi connectivity index (χ1) is 19.1. The van der Waals surface area contributed by atoms with Crippen molar-refractivity contribution in [1.29, 1.82) is 5.26 Å². The molecule has 4 aromatic rings. The quantitative estimate of drug-likeness (QED) is 0.366. The van der Waals surface area contributed by atoms with Crippen molar-refractivity contribution in [2.24, 2.45) is 0 Å². The first-order valence-corrected chi connectivity index (χ1v) is 16.2. The molecule has 1 N–H and O–H groups in total. The zero-order valence-corrected chi connectivity index (χ0v) is 23.6. The topological polar surface area (TPSA) is 128 Å². The molecule has 40 heavy (non-hydrogen) atoms. The van der Waals surface area contributed by atoms with Gasteiger partial charge in [0.2, 0.25) is 0 Å². The fourth-order valence-electron chi connectivity index (χ4n) is 5.64. The lowest BCUT2D eigenvalue weighted by molar-refractivity contribution is 0.299. The van der Waals surface area contributed by atoms with Gasteiger partial charge >= 0.3 is 0 Å². The van der Waals surface area contributed by atoms with E-state index in [1.807, 2.05) is 6.92 Å². The van der Waals surface area contributed by atoms with Crippen LogP contribution < -0.4 is 10.2 Å². The van der Waals surface area contributed by atoms with Gasteiger partial charge in [0, 0.05) is 37.0 Å². The molecular weight excluding hydrogens is 548 g/mol. The van der Waals surface area contributed by atoms with Crippen molar-refractivity contribution in [3.8, 4) is 6.07 Å². The van der Waals surface area contributed by atoms with E-state index >= 15 is 0 Å². The number of hydrogen-bond acceptors (Lipinski definition) is 9. The average molecular weight is 577 g/mol. The second kappa shape index (κ2) is 9.62. The van der Waals surface area contributed by atoms with E-state index in [1.54, 1.807) is 66.9 Å². The zero-order valence-electron chi connectivity index (χ0n) is 22.0. The molecule has 206 valence electrons. The Morgan fingerprint density at radius 3 is 2.42 bits per heavy atom. The third-order valence-corrected chi connectivity index (χ3v) is 10.5. The van der Waals surface area contributed by atoms with Crippen molar-refractivity contribution in [3.63, 3.8) is 0 Å². The highest BCUT2D eigenvalue weighted by molar-refractivity contribution is 7.90. The molecule has 2 aromatic heterocycles. The van der Waals surface area contributed by atoms with Gasteiger partial charge in [-0.25, -0.2) is 25.8 Å². The minimum atomic E-state index is -3.87. The van der Waals surface area contributed by atoms with E-state index in [2.05, 4.69) is 26.2 Å². The Kier molecular flexibility index (Phi) is 6.33. The monoisotopic (exact) mass is 576 g/mol. The molecule has 3 unspecified atom stereocenters. The Balaban J connectivity index is 1.47. The van der Waals surface area contributed by atoms with Crippen LogP contribution in [0, 0.1) is 11.3 Å². The van der Waals surface area contributed by atoms with Crippen LogP contribution in [0.25, 0.3) is 11.0 Å². The number of hydrogen-bond donors (Lipinski definition) is 1. The predicted octanol–water partition coefficient (Wildman–Crippen LogP) is 3.59. The van der Waals surface area contributed by atoms with Crippen LogP contribution in [-0.4, -0.2) is 62.1 Å². The summed E-state index contributed by atoms with van der Waals surface area (Å²) >= 11 is 0. The van der Waals surface area contributed by atoms with Gasteiger partial charge in [0.15, 0.2) is 15.5 Å². The molecule has 2 aromatic carbocycles. The second-order valence-corrected chi connectivity index (χ2v) is 14.1. The predicted molar refractivity (Wildman–Crippen MR) is 152 cm³/mol. The number of sulfone groups is 1. The van der Waals surface area contributed by atoms with Crippen molar-refractivity contribution < 1.29 is 16.8 Å². The zero-order chi connectivity index (χ0) is 28.2. The summed E-state index contributed by atoms with van der Waals surface area (Å²) in [4.78, 5) is 9.34. The SMILES string of the molecule is CC(C#N)N1CCC(N2c3c(cnc4c3ccn4S(=O)(=O)c3ccccc3)NC2c2ccc(S(C)(=O)=O)cc2)C1. The van der Waals surface area contributed by atoms with Gasteiger partial charge in [-0.15, -0.1) is 0 Å². The number of nitrogens with one attached hydrogen (secondary N) is 1. The number of fused-ring (bicyclic) bond motifs is 3. The van der Waals surface area contributed by atoms with Crippen molar-refractivity contribution in [3.05, 3.63) is 78.6 Å². The number of rotatable bonds is 6. The number of aromatic nitrogens is 2. The molecular formula is C28H28N6O4S2. The molecule has 0 radical (unpaired) electrons. The fraction of sp³-hybridized carbons (Fsp3) is 0.286. The molecule has 2 aliphatic heterocycles. The van der Waals surface area contributed by atoms with Crippen molar-refractivity contribution in [2.75, 3.05) is 29.6 Å². The Morgan fingerprint density at radius 2 is 1.75 bits per heavy atom. The van der Waals surface area contributed by atoms with E-state index in [0.29, 0.717) is 17.6 Å². The Labute approximate surface area is 233 Å². The number of anilines is 2. The maximum Gasteiger partial charge on any atom is 0.269 e. The van der Waals surface area contributed by atoms with Gasteiger partial charge in [-0.05, 0) is 49.2 Å². The van der Waals surface area contributed by atoms with Gasteiger partial charge in [0.1, 0.15) is 6.17 Å². The van der Waals surface area contributed by atoms with Crippen LogP contribution in [0.3, 0.4) is 0 Å². The molecule has 0 saturated carbocycles. The molecule has 0 aliphatic carbocycles. The summed E-state index contributed by atoms with van der Waals surface area (Å²) in [6, 6.07) is 18.9. The van der Waals surface area contributed by atoms with Crippen LogP contribution in [0.4, 0.5) is 11.4 Å². The van der Waals surface area contributed by atoms with E-state index in [4.69, 9.17) is 0 Å². The summed E-state index contributed by atoms with van der Waals surface area (Å²) < 4.78 is 52.3. The number of benzene rings is 2. The lowest BCUT2D eigenvalue weighted by atomic mass is 10.1. The molecule has 10 nitrogen and oxygen atoms in total. The van der Waals surface area contributed by atoms with Gasteiger partial charge in [-0.1, -0.05) is 30.3 Å². The van der Waals surface area contributed by atoms with Crippen molar-refractivity contribution >= 4 is 42.3 Å². The number of pyridine rings is 1. The van der Waals surface area contributed by atoms with Gasteiger partial charge in [-0.3, -0.25) is 4.90 Å². The third-order valence-electron chi connectivity index (χ3n) is 7.73. The molecule has 6 rings (SSSR count). The van der Waals surface area contributed by atoms with Gasteiger partial charge in [0.25, 0.3) is 10.0 Å². The van der Waals surface area contributed by atoms with E-state index in [-0.39, 0.29) is 28.0 Å². The maximum absolute atomic E-state index is 13.5. The molecule has 0 bridgehead atoms. The van der Waals surface area contributed by atoms with Crippen molar-refractivity contribution in [2.45, 2.75) is 41.4 Å². The highest BCUT2D eigenvalue weighted by Crippen LogP contribution is 2.48. The highest BCUT2D eigenvalue weighted by Gasteiger charge is 2.41. The van der Waals surface area contributed by atoms with E-state index in [0.717, 1.165) is 29.9 Å². The summed E-state index contributed by atoms with van der Waals surface area (Å²) in [6.45, 7) is 3.29. The first-order valence-electron chi connectivity index (χ1n) is 12.9. The van der Waals surface area contributed by atoms with Gasteiger partial charge < -0.3 is 10.2 Å². The first kappa shape index (κ1) is 26.3. The van der Waals surface area contributed by atoms with Gasteiger partial charge in [-0.2, -0.15) is 5.26 Å². The summed E-state index contributed by atoms with van der Waals surface area (Å²) in [5, 5.41) is 13.7. The number of nitriles is 1. The average Bonchev–Trinajstić information content (AvgIpc) is 3.69. The van der Waals surface area contributed by atoms with Crippen LogP contribution in [0.2, 0.25) is 0 Å². The molecule has 1 saturated heterocycles. The Bertz CT molecular complexity index is 1850. The molecule has 0 spiro atoms. The molecule has 12 heteroatoms. The van der Waals surface area contributed by atoms with E-state index < -0.39 is 19.9 Å². The second-order valence-electron chi connectivity index (χ2n) is 10.2. The summed E-state index contributed by atoms with van der Waals surface area (Å²) in [5.41, 5.74) is 2.77. The standard InChI is InChI=1S/C28H28N6O4S2/c1-19(16-29)32-14-12-21(18-32)34-26-24-13-15-33(40(37,38)23-6-4-3-5-7-23)28(24)30-17-25(26)31-27(34)20-8-10-22(11-9-20)39(2,35)36/h3-11,13,15,17,19,21,27,31H,12,14,18H2,1-2H3. The van der Waals surface area contributed by atoms with Crippen LogP contribution in [0.5, 0.6) is 0 Å². The minimum absolute atomic E-state index is 0.0174.